The molecule has 2 amide bonds. The standard InChI is InChI=1S/C20H25N3O5S/c1-2-27-12-13-28-18(25)14-16-19(26)21-10-11-23(16)20(29)22-17(24)9-8-15-6-4-3-5-7-15/h3-9,16H,2,10-14H2,1H3,(H,21,26)(H,22,24,29)/b9-8+. The zero-order chi connectivity index (χ0) is 21.1. The number of benzene rings is 1. The summed E-state index contributed by atoms with van der Waals surface area (Å²) in [7, 11) is 0. The van der Waals surface area contributed by atoms with E-state index < -0.39 is 17.9 Å². The SMILES string of the molecule is CCOCCOC(=O)CC1C(=O)NCCN1C(=S)NC(=O)/C=C/c1ccccc1. The third-order valence-corrected chi connectivity index (χ3v) is 4.44. The molecule has 8 nitrogen and oxygen atoms in total. The van der Waals surface area contributed by atoms with Crippen molar-refractivity contribution in [3.63, 3.8) is 0 Å². The molecule has 0 spiro atoms. The van der Waals surface area contributed by atoms with Crippen LogP contribution >= 0.6 is 12.2 Å². The Bertz CT molecular complexity index is 754. The molecule has 1 aromatic rings. The number of nitrogens with zero attached hydrogens (tertiary/aromatic N) is 1. The van der Waals surface area contributed by atoms with Crippen LogP contribution in [0.5, 0.6) is 0 Å². The average Bonchev–Trinajstić information content (AvgIpc) is 2.72. The molecule has 0 aromatic heterocycles. The minimum absolute atomic E-state index is 0.0923. The van der Waals surface area contributed by atoms with Crippen LogP contribution in [0.25, 0.3) is 6.08 Å². The molecule has 156 valence electrons. The van der Waals surface area contributed by atoms with Gasteiger partial charge >= 0.3 is 5.97 Å². The summed E-state index contributed by atoms with van der Waals surface area (Å²) >= 11 is 5.29. The minimum Gasteiger partial charge on any atom is -0.463 e. The average molecular weight is 420 g/mol. The topological polar surface area (TPSA) is 97.0 Å². The van der Waals surface area contributed by atoms with Crippen molar-refractivity contribution < 1.29 is 23.9 Å². The highest BCUT2D eigenvalue weighted by Crippen LogP contribution is 2.11. The van der Waals surface area contributed by atoms with Gasteiger partial charge in [0.05, 0.1) is 13.0 Å². The zero-order valence-corrected chi connectivity index (χ0v) is 17.1. The number of piperazine rings is 1. The van der Waals surface area contributed by atoms with Crippen molar-refractivity contribution in [1.29, 1.82) is 0 Å². The van der Waals surface area contributed by atoms with E-state index in [1.807, 2.05) is 37.3 Å². The first-order valence-electron chi connectivity index (χ1n) is 9.37. The molecule has 9 heteroatoms. The molecule has 0 aliphatic carbocycles. The van der Waals surface area contributed by atoms with E-state index in [2.05, 4.69) is 10.6 Å². The number of hydrogen-bond acceptors (Lipinski definition) is 6. The van der Waals surface area contributed by atoms with Crippen LogP contribution in [0, 0.1) is 0 Å². The maximum atomic E-state index is 12.2. The Balaban J connectivity index is 1.91. The first kappa shape index (κ1) is 22.5. The Hall–Kier alpha value is -2.78. The fourth-order valence-corrected chi connectivity index (χ4v) is 3.01. The monoisotopic (exact) mass is 419 g/mol. The van der Waals surface area contributed by atoms with Gasteiger partial charge in [0.2, 0.25) is 11.8 Å². The number of amides is 2. The summed E-state index contributed by atoms with van der Waals surface area (Å²) in [4.78, 5) is 38.0. The van der Waals surface area contributed by atoms with E-state index in [4.69, 9.17) is 21.7 Å². The van der Waals surface area contributed by atoms with E-state index in [-0.39, 0.29) is 24.0 Å². The van der Waals surface area contributed by atoms with Crippen molar-refractivity contribution in [3.8, 4) is 0 Å². The summed E-state index contributed by atoms with van der Waals surface area (Å²) in [6, 6.07) is 8.51. The quantitative estimate of drug-likeness (QED) is 0.279. The molecule has 0 saturated carbocycles. The van der Waals surface area contributed by atoms with Crippen molar-refractivity contribution in [2.24, 2.45) is 0 Å². The van der Waals surface area contributed by atoms with Crippen LogP contribution < -0.4 is 10.6 Å². The number of thiocarbonyl (C=S) groups is 1. The van der Waals surface area contributed by atoms with E-state index in [0.717, 1.165) is 5.56 Å². The predicted octanol–water partition coefficient (Wildman–Crippen LogP) is 0.871. The molecule has 1 aliphatic heterocycles. The van der Waals surface area contributed by atoms with Crippen molar-refractivity contribution >= 4 is 41.2 Å². The number of esters is 1. The van der Waals surface area contributed by atoms with Crippen LogP contribution in [0.3, 0.4) is 0 Å². The molecule has 1 atom stereocenters. The molecular weight excluding hydrogens is 394 g/mol. The van der Waals surface area contributed by atoms with Gasteiger partial charge in [0, 0.05) is 25.8 Å². The van der Waals surface area contributed by atoms with E-state index in [1.54, 1.807) is 6.08 Å². The summed E-state index contributed by atoms with van der Waals surface area (Å²) in [6.07, 6.45) is 2.85. The van der Waals surface area contributed by atoms with Gasteiger partial charge < -0.3 is 19.7 Å². The molecule has 1 heterocycles. The summed E-state index contributed by atoms with van der Waals surface area (Å²) in [5.41, 5.74) is 0.874. The molecule has 1 aromatic carbocycles. The van der Waals surface area contributed by atoms with Gasteiger partial charge in [-0.05, 0) is 30.8 Å². The summed E-state index contributed by atoms with van der Waals surface area (Å²) in [5, 5.41) is 5.37. The van der Waals surface area contributed by atoms with Gasteiger partial charge in [0.25, 0.3) is 0 Å². The third kappa shape index (κ3) is 7.63. The lowest BCUT2D eigenvalue weighted by Crippen LogP contribution is -2.60. The van der Waals surface area contributed by atoms with Gasteiger partial charge in [-0.1, -0.05) is 30.3 Å². The molecule has 1 aliphatic rings. The molecule has 0 bridgehead atoms. The van der Waals surface area contributed by atoms with Crippen molar-refractivity contribution in [1.82, 2.24) is 15.5 Å². The second-order valence-electron chi connectivity index (χ2n) is 6.16. The van der Waals surface area contributed by atoms with Gasteiger partial charge in [-0.25, -0.2) is 0 Å². The Morgan fingerprint density at radius 3 is 2.79 bits per heavy atom. The molecule has 0 radical (unpaired) electrons. The first-order valence-corrected chi connectivity index (χ1v) is 9.78. The smallest absolute Gasteiger partial charge is 0.308 e. The van der Waals surface area contributed by atoms with Crippen LogP contribution in [0.15, 0.2) is 36.4 Å². The number of carbonyl (C=O) groups excluding carboxylic acids is 3. The van der Waals surface area contributed by atoms with Crippen molar-refractivity contribution in [2.75, 3.05) is 32.9 Å². The molecule has 1 saturated heterocycles. The lowest BCUT2D eigenvalue weighted by atomic mass is 10.1. The lowest BCUT2D eigenvalue weighted by molar-refractivity contribution is -0.148. The first-order chi connectivity index (χ1) is 14.0. The summed E-state index contributed by atoms with van der Waals surface area (Å²) in [6.45, 7) is 3.53. The highest BCUT2D eigenvalue weighted by atomic mass is 32.1. The van der Waals surface area contributed by atoms with Gasteiger partial charge in [0.15, 0.2) is 5.11 Å². The summed E-state index contributed by atoms with van der Waals surface area (Å²) < 4.78 is 10.2. The number of rotatable bonds is 8. The van der Waals surface area contributed by atoms with Crippen LogP contribution in [0.1, 0.15) is 18.9 Å². The van der Waals surface area contributed by atoms with Gasteiger partial charge in [-0.2, -0.15) is 0 Å². The fraction of sp³-hybridized carbons (Fsp3) is 0.400. The Kier molecular flexibility index (Phi) is 9.26. The minimum atomic E-state index is -0.839. The maximum Gasteiger partial charge on any atom is 0.308 e. The Morgan fingerprint density at radius 1 is 1.31 bits per heavy atom. The highest BCUT2D eigenvalue weighted by molar-refractivity contribution is 7.80. The van der Waals surface area contributed by atoms with Crippen molar-refractivity contribution in [3.05, 3.63) is 42.0 Å². The van der Waals surface area contributed by atoms with Crippen LogP contribution in [-0.2, 0) is 23.9 Å². The molecule has 2 rings (SSSR count). The van der Waals surface area contributed by atoms with Crippen LogP contribution in [-0.4, -0.2) is 66.7 Å². The molecule has 2 N–H and O–H groups in total. The lowest BCUT2D eigenvalue weighted by Gasteiger charge is -2.36. The second-order valence-corrected chi connectivity index (χ2v) is 6.55. The zero-order valence-electron chi connectivity index (χ0n) is 16.3. The molecule has 1 unspecified atom stereocenters. The van der Waals surface area contributed by atoms with Gasteiger partial charge in [-0.15, -0.1) is 0 Å². The molecule has 1 fully saturated rings. The number of ether oxygens (including phenoxy) is 2. The van der Waals surface area contributed by atoms with E-state index in [9.17, 15) is 14.4 Å². The van der Waals surface area contributed by atoms with E-state index in [1.165, 1.54) is 11.0 Å². The van der Waals surface area contributed by atoms with Crippen molar-refractivity contribution in [2.45, 2.75) is 19.4 Å². The van der Waals surface area contributed by atoms with Crippen LogP contribution in [0.2, 0.25) is 0 Å². The third-order valence-electron chi connectivity index (χ3n) is 4.10. The summed E-state index contributed by atoms with van der Waals surface area (Å²) in [5.74, 6) is -1.29. The van der Waals surface area contributed by atoms with E-state index >= 15 is 0 Å². The number of nitrogens with one attached hydrogen (secondary N) is 2. The van der Waals surface area contributed by atoms with Gasteiger partial charge in [-0.3, -0.25) is 19.7 Å². The second kappa shape index (κ2) is 11.9. The maximum absolute atomic E-state index is 12.2. The molecular formula is C20H25N3O5S. The number of carbonyl (C=O) groups is 3. The largest absolute Gasteiger partial charge is 0.463 e. The number of hydrogen-bond donors (Lipinski definition) is 2. The highest BCUT2D eigenvalue weighted by Gasteiger charge is 2.34. The van der Waals surface area contributed by atoms with Gasteiger partial charge in [0.1, 0.15) is 12.6 Å². The van der Waals surface area contributed by atoms with E-state index in [0.29, 0.717) is 26.3 Å². The fourth-order valence-electron chi connectivity index (χ4n) is 2.69. The normalized spacial score (nSPS) is 16.4. The van der Waals surface area contributed by atoms with Crippen LogP contribution in [0.4, 0.5) is 0 Å². The predicted molar refractivity (Wildman–Crippen MR) is 112 cm³/mol. The molecule has 29 heavy (non-hydrogen) atoms. The Morgan fingerprint density at radius 2 is 2.07 bits per heavy atom. The Labute approximate surface area is 175 Å².